The molecule has 5 heterocycles. The number of rotatable bonds is 3. The number of hydrogen-bond acceptors (Lipinski definition) is 6. The van der Waals surface area contributed by atoms with Gasteiger partial charge in [-0.25, -0.2) is 9.78 Å². The fourth-order valence-corrected chi connectivity index (χ4v) is 4.72. The fraction of sp³-hybridized carbons (Fsp3) is 0.550. The maximum Gasteiger partial charge on any atom is 0.322 e. The molecule has 0 saturated carbocycles. The van der Waals surface area contributed by atoms with Gasteiger partial charge in [-0.1, -0.05) is 0 Å². The highest BCUT2D eigenvalue weighted by Crippen LogP contribution is 2.32. The Labute approximate surface area is 168 Å². The van der Waals surface area contributed by atoms with Crippen molar-refractivity contribution in [1.82, 2.24) is 14.8 Å². The molecule has 0 radical (unpaired) electrons. The molecule has 3 fully saturated rings. The third-order valence-electron chi connectivity index (χ3n) is 6.19. The molecule has 154 valence electrons. The Morgan fingerprint density at radius 1 is 1.17 bits per heavy atom. The van der Waals surface area contributed by atoms with Crippen molar-refractivity contribution < 1.29 is 18.7 Å². The Hall–Kier alpha value is -2.65. The van der Waals surface area contributed by atoms with E-state index in [0.29, 0.717) is 36.7 Å². The lowest BCUT2D eigenvalue weighted by molar-refractivity contribution is -0.0508. The van der Waals surface area contributed by atoms with Crippen LogP contribution in [0.2, 0.25) is 0 Å². The van der Waals surface area contributed by atoms with E-state index in [0.717, 1.165) is 38.0 Å². The van der Waals surface area contributed by atoms with Crippen LogP contribution in [0.5, 0.6) is 0 Å². The summed E-state index contributed by atoms with van der Waals surface area (Å²) in [5.41, 5.74) is 6.78. The number of morpholine rings is 1. The summed E-state index contributed by atoms with van der Waals surface area (Å²) in [4.78, 5) is 33.3. The van der Waals surface area contributed by atoms with Crippen molar-refractivity contribution in [3.63, 3.8) is 0 Å². The third-order valence-corrected chi connectivity index (χ3v) is 6.19. The third kappa shape index (κ3) is 3.34. The summed E-state index contributed by atoms with van der Waals surface area (Å²) >= 11 is 0. The number of pyridine rings is 1. The van der Waals surface area contributed by atoms with Gasteiger partial charge in [0.05, 0.1) is 17.6 Å². The predicted octanol–water partition coefficient (Wildman–Crippen LogP) is 1.70. The zero-order valence-electron chi connectivity index (χ0n) is 16.4. The second-order valence-electron chi connectivity index (χ2n) is 8.21. The molecule has 5 rings (SSSR count). The molecule has 2 unspecified atom stereocenters. The highest BCUT2D eigenvalue weighted by Gasteiger charge is 2.39. The summed E-state index contributed by atoms with van der Waals surface area (Å²) in [7, 11) is 0. The lowest BCUT2D eigenvalue weighted by Gasteiger charge is -2.36. The molecule has 2 aromatic heterocycles. The van der Waals surface area contributed by atoms with Gasteiger partial charge in [0.2, 0.25) is 11.5 Å². The number of ether oxygens (including phenoxy) is 1. The van der Waals surface area contributed by atoms with Crippen LogP contribution in [0.3, 0.4) is 0 Å². The van der Waals surface area contributed by atoms with Crippen LogP contribution in [-0.4, -0.2) is 71.2 Å². The number of furan rings is 1. The van der Waals surface area contributed by atoms with Gasteiger partial charge in [-0.2, -0.15) is 0 Å². The van der Waals surface area contributed by atoms with Crippen molar-refractivity contribution in [2.24, 2.45) is 5.73 Å². The average Bonchev–Trinajstić information content (AvgIpc) is 3.39. The second kappa shape index (κ2) is 7.00. The molecule has 2 aromatic rings. The Morgan fingerprint density at radius 3 is 2.66 bits per heavy atom. The minimum Gasteiger partial charge on any atom is -0.430 e. The largest absolute Gasteiger partial charge is 0.430 e. The van der Waals surface area contributed by atoms with Gasteiger partial charge >= 0.3 is 6.03 Å². The number of nitrogens with one attached hydrogen (secondary N) is 1. The molecule has 0 aliphatic carbocycles. The zero-order chi connectivity index (χ0) is 20.1. The normalized spacial score (nSPS) is 26.9. The summed E-state index contributed by atoms with van der Waals surface area (Å²) in [6.07, 6.45) is 3.87. The maximum atomic E-state index is 12.9. The van der Waals surface area contributed by atoms with Crippen molar-refractivity contribution in [2.45, 2.75) is 44.4 Å². The number of amides is 3. The first kappa shape index (κ1) is 18.4. The number of fused-ring (bicyclic) bond motifs is 3. The van der Waals surface area contributed by atoms with Crippen LogP contribution in [0.4, 0.5) is 10.5 Å². The summed E-state index contributed by atoms with van der Waals surface area (Å²) < 4.78 is 11.4. The van der Waals surface area contributed by atoms with E-state index in [1.54, 1.807) is 17.0 Å². The molecule has 9 heteroatoms. The number of urea groups is 1. The standard InChI is InChI=1S/C20H25N5O4/c1-11-2-5-15-16(17(18(21)26)29-19(15)22-11)23-20(27)24-7-6-12(8-24)25-9-13-3-4-14(10-25)28-13/h2,5,12-14H,3-4,6-10H2,1H3,(H2,21,26)(H,23,27)/t12?,13-,14?/m1/s1. The minimum atomic E-state index is -0.737. The minimum absolute atomic E-state index is 0.0769. The lowest BCUT2D eigenvalue weighted by atomic mass is 10.2. The maximum absolute atomic E-state index is 12.9. The van der Waals surface area contributed by atoms with E-state index in [4.69, 9.17) is 14.9 Å². The molecule has 3 aliphatic heterocycles. The monoisotopic (exact) mass is 399 g/mol. The van der Waals surface area contributed by atoms with Crippen molar-refractivity contribution in [3.8, 4) is 0 Å². The lowest BCUT2D eigenvalue weighted by Crippen LogP contribution is -2.49. The zero-order valence-corrected chi connectivity index (χ0v) is 16.4. The molecule has 0 spiro atoms. The highest BCUT2D eigenvalue weighted by atomic mass is 16.5. The van der Waals surface area contributed by atoms with Crippen LogP contribution < -0.4 is 11.1 Å². The molecule has 29 heavy (non-hydrogen) atoms. The molecule has 3 atom stereocenters. The Kier molecular flexibility index (Phi) is 4.44. The van der Waals surface area contributed by atoms with Gasteiger partial charge in [-0.15, -0.1) is 0 Å². The SMILES string of the molecule is Cc1ccc2c(NC(=O)N3CCC(N4CC5CC[C@H](C4)O5)C3)c(C(N)=O)oc2n1. The molecular weight excluding hydrogens is 374 g/mol. The first-order valence-electron chi connectivity index (χ1n) is 10.1. The summed E-state index contributed by atoms with van der Waals surface area (Å²) in [6, 6.07) is 3.67. The summed E-state index contributed by atoms with van der Waals surface area (Å²) in [5, 5.41) is 3.41. The fourth-order valence-electron chi connectivity index (χ4n) is 4.72. The number of primary amides is 1. The molecule has 9 nitrogen and oxygen atoms in total. The van der Waals surface area contributed by atoms with Crippen molar-refractivity contribution >= 4 is 28.7 Å². The van der Waals surface area contributed by atoms with Gasteiger partial charge in [0, 0.05) is 37.9 Å². The van der Waals surface area contributed by atoms with E-state index in [2.05, 4.69) is 15.2 Å². The number of nitrogens with two attached hydrogens (primary N) is 1. The van der Waals surface area contributed by atoms with Crippen molar-refractivity contribution in [3.05, 3.63) is 23.6 Å². The molecular formula is C20H25N5O4. The molecule has 3 saturated heterocycles. The smallest absolute Gasteiger partial charge is 0.322 e. The van der Waals surface area contributed by atoms with E-state index in [1.165, 1.54) is 0 Å². The number of anilines is 1. The van der Waals surface area contributed by atoms with Crippen molar-refractivity contribution in [2.75, 3.05) is 31.5 Å². The van der Waals surface area contributed by atoms with Gasteiger partial charge in [-0.05, 0) is 38.3 Å². The number of carbonyl (C=O) groups is 2. The topological polar surface area (TPSA) is 114 Å². The van der Waals surface area contributed by atoms with Gasteiger partial charge in [0.1, 0.15) is 5.69 Å². The number of likely N-dealkylation sites (tertiary alicyclic amines) is 2. The van der Waals surface area contributed by atoms with Crippen LogP contribution in [0, 0.1) is 6.92 Å². The van der Waals surface area contributed by atoms with E-state index in [-0.39, 0.29) is 23.2 Å². The van der Waals surface area contributed by atoms with Gasteiger partial charge in [0.25, 0.3) is 5.91 Å². The number of hydrogen-bond donors (Lipinski definition) is 2. The summed E-state index contributed by atoms with van der Waals surface area (Å²) in [6.45, 7) is 5.04. The van der Waals surface area contributed by atoms with E-state index < -0.39 is 5.91 Å². The average molecular weight is 399 g/mol. The van der Waals surface area contributed by atoms with E-state index >= 15 is 0 Å². The van der Waals surface area contributed by atoms with Gasteiger partial charge in [0.15, 0.2) is 0 Å². The van der Waals surface area contributed by atoms with Crippen LogP contribution in [-0.2, 0) is 4.74 Å². The molecule has 3 amide bonds. The van der Waals surface area contributed by atoms with Crippen molar-refractivity contribution in [1.29, 1.82) is 0 Å². The number of nitrogens with zero attached hydrogens (tertiary/aromatic N) is 3. The summed E-state index contributed by atoms with van der Waals surface area (Å²) in [5.74, 6) is -0.814. The van der Waals surface area contributed by atoms with E-state index in [9.17, 15) is 9.59 Å². The number of carbonyl (C=O) groups excluding carboxylic acids is 2. The van der Waals surface area contributed by atoms with Crippen LogP contribution in [0.25, 0.3) is 11.1 Å². The molecule has 0 aromatic carbocycles. The van der Waals surface area contributed by atoms with Crippen LogP contribution >= 0.6 is 0 Å². The van der Waals surface area contributed by atoms with Gasteiger partial charge in [-0.3, -0.25) is 9.69 Å². The molecule has 2 bridgehead atoms. The Balaban J connectivity index is 1.31. The quantitative estimate of drug-likeness (QED) is 0.812. The number of aromatic nitrogens is 1. The predicted molar refractivity (Wildman–Crippen MR) is 106 cm³/mol. The van der Waals surface area contributed by atoms with Gasteiger partial charge < -0.3 is 25.1 Å². The second-order valence-corrected chi connectivity index (χ2v) is 8.21. The molecule has 3 N–H and O–H groups in total. The Bertz CT molecular complexity index is 961. The van der Waals surface area contributed by atoms with Crippen LogP contribution in [0.1, 0.15) is 35.5 Å². The molecule has 3 aliphatic rings. The van der Waals surface area contributed by atoms with E-state index in [1.807, 2.05) is 6.92 Å². The first-order chi connectivity index (χ1) is 14.0. The number of aryl methyl sites for hydroxylation is 1. The highest BCUT2D eigenvalue weighted by molar-refractivity contribution is 6.09. The first-order valence-corrected chi connectivity index (χ1v) is 10.1. The van der Waals surface area contributed by atoms with Crippen LogP contribution in [0.15, 0.2) is 16.5 Å². The Morgan fingerprint density at radius 2 is 1.93 bits per heavy atom.